The van der Waals surface area contributed by atoms with Crippen LogP contribution in [0.1, 0.15) is 49.5 Å². The van der Waals surface area contributed by atoms with Crippen LogP contribution in [0.2, 0.25) is 0 Å². The van der Waals surface area contributed by atoms with E-state index in [9.17, 15) is 14.4 Å². The van der Waals surface area contributed by atoms with E-state index in [1.807, 2.05) is 6.07 Å². The molecule has 2 aliphatic rings. The molecule has 2 heterocycles. The first-order chi connectivity index (χ1) is 13.1. The summed E-state index contributed by atoms with van der Waals surface area (Å²) in [6.07, 6.45) is 2.01. The topological polar surface area (TPSA) is 78.5 Å². The zero-order chi connectivity index (χ0) is 18.8. The predicted molar refractivity (Wildman–Crippen MR) is 108 cm³/mol. The molecule has 0 unspecified atom stereocenters. The van der Waals surface area contributed by atoms with Gasteiger partial charge in [-0.1, -0.05) is 24.3 Å². The van der Waals surface area contributed by atoms with Gasteiger partial charge in [0.25, 0.3) is 17.7 Å². The number of imide groups is 1. The summed E-state index contributed by atoms with van der Waals surface area (Å²) in [5.74, 6) is -0.717. The molecule has 1 atom stereocenters. The van der Waals surface area contributed by atoms with Crippen LogP contribution >= 0.6 is 12.4 Å². The summed E-state index contributed by atoms with van der Waals surface area (Å²) >= 11 is 0. The zero-order valence-electron chi connectivity index (χ0n) is 15.3. The first-order valence-electron chi connectivity index (χ1n) is 9.19. The number of amides is 3. The molecule has 7 heteroatoms. The lowest BCUT2D eigenvalue weighted by atomic mass is 10.1. The number of piperidine rings is 1. The van der Waals surface area contributed by atoms with Gasteiger partial charge in [0, 0.05) is 18.2 Å². The predicted octanol–water partition coefficient (Wildman–Crippen LogP) is 2.39. The molecule has 0 spiro atoms. The van der Waals surface area contributed by atoms with Gasteiger partial charge in [0.15, 0.2) is 0 Å². The molecular weight excluding hydrogens is 378 g/mol. The van der Waals surface area contributed by atoms with E-state index in [2.05, 4.69) is 10.6 Å². The molecule has 2 N–H and O–H groups in total. The quantitative estimate of drug-likeness (QED) is 0.774. The van der Waals surface area contributed by atoms with Crippen LogP contribution < -0.4 is 10.6 Å². The molecule has 4 rings (SSSR count). The minimum Gasteiger partial charge on any atom is -0.348 e. The van der Waals surface area contributed by atoms with Crippen LogP contribution in [0.3, 0.4) is 0 Å². The van der Waals surface area contributed by atoms with Gasteiger partial charge in [0.2, 0.25) is 0 Å². The van der Waals surface area contributed by atoms with Crippen molar-refractivity contribution in [2.75, 3.05) is 13.1 Å². The smallest absolute Gasteiger partial charge is 0.261 e. The lowest BCUT2D eigenvalue weighted by Crippen LogP contribution is -2.45. The lowest BCUT2D eigenvalue weighted by molar-refractivity contribution is 0.0642. The summed E-state index contributed by atoms with van der Waals surface area (Å²) in [5.41, 5.74) is 2.15. The van der Waals surface area contributed by atoms with Crippen molar-refractivity contribution in [3.05, 3.63) is 70.8 Å². The van der Waals surface area contributed by atoms with Crippen molar-refractivity contribution >= 4 is 30.1 Å². The Labute approximate surface area is 169 Å². The second-order valence-corrected chi connectivity index (χ2v) is 6.96. The van der Waals surface area contributed by atoms with Crippen molar-refractivity contribution in [3.8, 4) is 0 Å². The molecule has 1 saturated heterocycles. The van der Waals surface area contributed by atoms with E-state index in [4.69, 9.17) is 0 Å². The molecule has 28 heavy (non-hydrogen) atoms. The minimum atomic E-state index is -0.293. The van der Waals surface area contributed by atoms with Crippen LogP contribution in [0.25, 0.3) is 0 Å². The van der Waals surface area contributed by atoms with Gasteiger partial charge < -0.3 is 10.6 Å². The molecule has 2 aromatic rings. The van der Waals surface area contributed by atoms with E-state index >= 15 is 0 Å². The monoisotopic (exact) mass is 399 g/mol. The minimum absolute atomic E-state index is 0. The van der Waals surface area contributed by atoms with Gasteiger partial charge in [0.05, 0.1) is 17.7 Å². The van der Waals surface area contributed by atoms with Crippen molar-refractivity contribution in [2.45, 2.75) is 25.4 Å². The summed E-state index contributed by atoms with van der Waals surface area (Å²) < 4.78 is 0. The maximum absolute atomic E-state index is 12.5. The summed E-state index contributed by atoms with van der Waals surface area (Å²) in [6.45, 7) is 1.92. The third-order valence-corrected chi connectivity index (χ3v) is 5.04. The first-order valence-corrected chi connectivity index (χ1v) is 9.19. The normalized spacial score (nSPS) is 18.4. The number of fused-ring (bicyclic) bond motifs is 1. The second kappa shape index (κ2) is 8.54. The number of hydrogen-bond donors (Lipinski definition) is 2. The average Bonchev–Trinajstić information content (AvgIpc) is 2.94. The van der Waals surface area contributed by atoms with Crippen molar-refractivity contribution in [1.29, 1.82) is 0 Å². The molecule has 0 aromatic heterocycles. The van der Waals surface area contributed by atoms with Gasteiger partial charge in [0.1, 0.15) is 0 Å². The Morgan fingerprint density at radius 2 is 1.79 bits per heavy atom. The van der Waals surface area contributed by atoms with E-state index < -0.39 is 0 Å². The van der Waals surface area contributed by atoms with Crippen LogP contribution in [-0.4, -0.2) is 41.8 Å². The standard InChI is InChI=1S/C21H21N3O3.ClH/c25-19(23-16-7-4-10-22-12-16)15-6-3-5-14(11-15)13-24-20(26)17-8-1-2-9-18(17)21(24)27;/h1-3,5-6,8-9,11,16,22H,4,7,10,12-13H2,(H,23,25);1H/t16-;/m0./s1. The Hall–Kier alpha value is -2.70. The van der Waals surface area contributed by atoms with Crippen LogP contribution in [0.15, 0.2) is 48.5 Å². The van der Waals surface area contributed by atoms with Crippen molar-refractivity contribution in [2.24, 2.45) is 0 Å². The van der Waals surface area contributed by atoms with Gasteiger partial charge in [-0.25, -0.2) is 0 Å². The first kappa shape index (κ1) is 20.0. The number of carbonyl (C=O) groups is 3. The van der Waals surface area contributed by atoms with Crippen LogP contribution in [-0.2, 0) is 6.54 Å². The van der Waals surface area contributed by atoms with E-state index in [-0.39, 0.29) is 42.7 Å². The average molecular weight is 400 g/mol. The van der Waals surface area contributed by atoms with Crippen LogP contribution in [0, 0.1) is 0 Å². The Bertz CT molecular complexity index is 874. The number of nitrogens with one attached hydrogen (secondary N) is 2. The van der Waals surface area contributed by atoms with E-state index in [0.717, 1.165) is 31.5 Å². The summed E-state index contributed by atoms with van der Waals surface area (Å²) in [5, 5.41) is 6.31. The number of benzene rings is 2. The number of nitrogens with zero attached hydrogens (tertiary/aromatic N) is 1. The maximum Gasteiger partial charge on any atom is 0.261 e. The van der Waals surface area contributed by atoms with Gasteiger partial charge >= 0.3 is 0 Å². The highest BCUT2D eigenvalue weighted by molar-refractivity contribution is 6.21. The SMILES string of the molecule is Cl.O=C(N[C@H]1CCCNC1)c1cccc(CN2C(=O)c3ccccc3C2=O)c1. The fraction of sp³-hybridized carbons (Fsp3) is 0.286. The van der Waals surface area contributed by atoms with Crippen molar-refractivity contribution in [3.63, 3.8) is 0 Å². The number of hydrogen-bond acceptors (Lipinski definition) is 4. The fourth-order valence-electron chi connectivity index (χ4n) is 3.62. The summed E-state index contributed by atoms with van der Waals surface area (Å²) in [4.78, 5) is 38.8. The van der Waals surface area contributed by atoms with Crippen LogP contribution in [0.5, 0.6) is 0 Å². The molecule has 0 radical (unpaired) electrons. The Morgan fingerprint density at radius 1 is 1.07 bits per heavy atom. The molecule has 2 aromatic carbocycles. The number of carbonyl (C=O) groups excluding carboxylic acids is 3. The largest absolute Gasteiger partial charge is 0.348 e. The maximum atomic E-state index is 12.5. The highest BCUT2D eigenvalue weighted by Gasteiger charge is 2.35. The Kier molecular flexibility index (Phi) is 6.11. The summed E-state index contributed by atoms with van der Waals surface area (Å²) in [6, 6.07) is 14.1. The van der Waals surface area contributed by atoms with E-state index in [1.54, 1.807) is 42.5 Å². The molecule has 0 aliphatic carbocycles. The van der Waals surface area contributed by atoms with Crippen molar-refractivity contribution in [1.82, 2.24) is 15.5 Å². The molecule has 2 aliphatic heterocycles. The molecule has 0 bridgehead atoms. The molecule has 146 valence electrons. The second-order valence-electron chi connectivity index (χ2n) is 6.96. The third-order valence-electron chi connectivity index (χ3n) is 5.04. The zero-order valence-corrected chi connectivity index (χ0v) is 16.1. The highest BCUT2D eigenvalue weighted by atomic mass is 35.5. The molecule has 1 fully saturated rings. The van der Waals surface area contributed by atoms with Gasteiger partial charge in [-0.05, 0) is 49.2 Å². The number of rotatable bonds is 4. The highest BCUT2D eigenvalue weighted by Crippen LogP contribution is 2.24. The van der Waals surface area contributed by atoms with Crippen LogP contribution in [0.4, 0.5) is 0 Å². The molecule has 0 saturated carbocycles. The molecular formula is C21H22ClN3O3. The third kappa shape index (κ3) is 3.93. The van der Waals surface area contributed by atoms with E-state index in [1.165, 1.54) is 4.90 Å². The van der Waals surface area contributed by atoms with Crippen molar-refractivity contribution < 1.29 is 14.4 Å². The Balaban J connectivity index is 0.00000225. The fourth-order valence-corrected chi connectivity index (χ4v) is 3.62. The van der Waals surface area contributed by atoms with Gasteiger partial charge in [-0.3, -0.25) is 19.3 Å². The molecule has 6 nitrogen and oxygen atoms in total. The van der Waals surface area contributed by atoms with Gasteiger partial charge in [-0.2, -0.15) is 0 Å². The Morgan fingerprint density at radius 3 is 2.43 bits per heavy atom. The molecule has 3 amide bonds. The number of halogens is 1. The summed E-state index contributed by atoms with van der Waals surface area (Å²) in [7, 11) is 0. The van der Waals surface area contributed by atoms with Gasteiger partial charge in [-0.15, -0.1) is 12.4 Å². The lowest BCUT2D eigenvalue weighted by Gasteiger charge is -2.24. The van der Waals surface area contributed by atoms with E-state index in [0.29, 0.717) is 16.7 Å².